The molecule has 1 aliphatic carbocycles. The molecule has 0 radical (unpaired) electrons. The minimum Gasteiger partial charge on any atom is -0.351 e. The predicted octanol–water partition coefficient (Wildman–Crippen LogP) is 5.79. The quantitative estimate of drug-likeness (QED) is 0.585. The smallest absolute Gasteiger partial charge is 0.351 e. The molecule has 1 saturated carbocycles. The van der Waals surface area contributed by atoms with Crippen LogP contribution < -0.4 is 10.6 Å². The van der Waals surface area contributed by atoms with E-state index in [1.807, 2.05) is 30.3 Å². The lowest BCUT2D eigenvalue weighted by molar-refractivity contribution is -0.138. The van der Waals surface area contributed by atoms with E-state index in [1.54, 1.807) is 12.1 Å². The highest BCUT2D eigenvalue weighted by atomic mass is 19.4. The van der Waals surface area contributed by atoms with Gasteiger partial charge in [-0.3, -0.25) is 0 Å². The number of halogens is 3. The van der Waals surface area contributed by atoms with E-state index >= 15 is 0 Å². The average Bonchev–Trinajstić information content (AvgIpc) is 3.47. The number of benzene rings is 2. The van der Waals surface area contributed by atoms with Gasteiger partial charge in [-0.15, -0.1) is 0 Å². The van der Waals surface area contributed by atoms with Crippen molar-refractivity contribution in [3.05, 3.63) is 65.7 Å². The number of nitrogens with one attached hydrogen (secondary N) is 2. The van der Waals surface area contributed by atoms with Crippen LogP contribution in [0.2, 0.25) is 0 Å². The molecule has 144 valence electrons. The van der Waals surface area contributed by atoms with Crippen molar-refractivity contribution in [3.63, 3.8) is 0 Å². The van der Waals surface area contributed by atoms with Crippen molar-refractivity contribution in [1.82, 2.24) is 9.97 Å². The minimum absolute atomic E-state index is 0.131. The fourth-order valence-electron chi connectivity index (χ4n) is 2.96. The van der Waals surface area contributed by atoms with Crippen LogP contribution in [0.15, 0.2) is 54.6 Å². The van der Waals surface area contributed by atoms with Gasteiger partial charge in [0.2, 0.25) is 5.95 Å². The minimum atomic E-state index is -4.40. The standard InChI is InChI=1S/C21H19F3N4/c1-13-16(21(22,23)24)8-5-9-17(13)26-19-12-18(14-6-3-2-4-7-14)27-20(28-19)25-15-10-11-15/h2-9,12,15H,10-11H2,1H3,(H2,25,26,27,28). The zero-order chi connectivity index (χ0) is 19.7. The van der Waals surface area contributed by atoms with Gasteiger partial charge in [0, 0.05) is 23.4 Å². The summed E-state index contributed by atoms with van der Waals surface area (Å²) in [6.45, 7) is 1.45. The van der Waals surface area contributed by atoms with Crippen LogP contribution in [-0.4, -0.2) is 16.0 Å². The Hall–Kier alpha value is -3.09. The third-order valence-electron chi connectivity index (χ3n) is 4.61. The Bertz CT molecular complexity index is 983. The Morgan fingerprint density at radius 3 is 2.39 bits per heavy atom. The van der Waals surface area contributed by atoms with Crippen molar-refractivity contribution < 1.29 is 13.2 Å². The zero-order valence-corrected chi connectivity index (χ0v) is 15.2. The van der Waals surface area contributed by atoms with Gasteiger partial charge in [0.1, 0.15) is 5.82 Å². The van der Waals surface area contributed by atoms with E-state index in [9.17, 15) is 13.2 Å². The molecule has 0 atom stereocenters. The molecule has 1 fully saturated rings. The van der Waals surface area contributed by atoms with E-state index in [-0.39, 0.29) is 5.56 Å². The largest absolute Gasteiger partial charge is 0.416 e. The number of aromatic nitrogens is 2. The first-order valence-corrected chi connectivity index (χ1v) is 9.05. The first-order valence-electron chi connectivity index (χ1n) is 9.05. The molecule has 0 aliphatic heterocycles. The van der Waals surface area contributed by atoms with Crippen LogP contribution in [0.1, 0.15) is 24.0 Å². The highest BCUT2D eigenvalue weighted by Crippen LogP contribution is 2.35. The van der Waals surface area contributed by atoms with Gasteiger partial charge in [-0.1, -0.05) is 36.4 Å². The number of hydrogen-bond acceptors (Lipinski definition) is 4. The van der Waals surface area contributed by atoms with Gasteiger partial charge in [0.15, 0.2) is 0 Å². The van der Waals surface area contributed by atoms with E-state index in [2.05, 4.69) is 20.6 Å². The Morgan fingerprint density at radius 1 is 0.964 bits per heavy atom. The summed E-state index contributed by atoms with van der Waals surface area (Å²) in [5, 5.41) is 6.30. The molecule has 3 aromatic rings. The second-order valence-corrected chi connectivity index (χ2v) is 6.85. The summed E-state index contributed by atoms with van der Waals surface area (Å²) in [5.41, 5.74) is 1.45. The second kappa shape index (κ2) is 7.14. The lowest BCUT2D eigenvalue weighted by atomic mass is 10.1. The van der Waals surface area contributed by atoms with Crippen LogP contribution >= 0.6 is 0 Å². The number of nitrogens with zero attached hydrogens (tertiary/aromatic N) is 2. The maximum absolute atomic E-state index is 13.2. The summed E-state index contributed by atoms with van der Waals surface area (Å²) in [4.78, 5) is 9.02. The van der Waals surface area contributed by atoms with Gasteiger partial charge >= 0.3 is 6.18 Å². The van der Waals surface area contributed by atoms with Gasteiger partial charge in [-0.2, -0.15) is 18.2 Å². The molecule has 0 spiro atoms. The molecule has 4 rings (SSSR count). The Balaban J connectivity index is 1.71. The van der Waals surface area contributed by atoms with Crippen LogP contribution in [-0.2, 0) is 6.18 Å². The molecule has 1 aliphatic rings. The Labute approximate surface area is 160 Å². The molecule has 4 nitrogen and oxygen atoms in total. The first-order chi connectivity index (χ1) is 13.4. The summed E-state index contributed by atoms with van der Waals surface area (Å²) in [5.74, 6) is 0.912. The van der Waals surface area contributed by atoms with E-state index in [0.29, 0.717) is 29.2 Å². The van der Waals surface area contributed by atoms with Crippen molar-refractivity contribution in [2.75, 3.05) is 10.6 Å². The topological polar surface area (TPSA) is 49.8 Å². The molecule has 7 heteroatoms. The average molecular weight is 384 g/mol. The maximum Gasteiger partial charge on any atom is 0.416 e. The molecule has 2 aromatic carbocycles. The lowest BCUT2D eigenvalue weighted by Crippen LogP contribution is -2.10. The van der Waals surface area contributed by atoms with Crippen LogP contribution in [0.25, 0.3) is 11.3 Å². The first kappa shape index (κ1) is 18.3. The number of anilines is 3. The van der Waals surface area contributed by atoms with Gasteiger partial charge in [0.25, 0.3) is 0 Å². The summed E-state index contributed by atoms with van der Waals surface area (Å²) in [6, 6.07) is 15.8. The third kappa shape index (κ3) is 4.08. The lowest BCUT2D eigenvalue weighted by Gasteiger charge is -2.16. The fourth-order valence-corrected chi connectivity index (χ4v) is 2.96. The van der Waals surface area contributed by atoms with E-state index in [4.69, 9.17) is 0 Å². The van der Waals surface area contributed by atoms with Gasteiger partial charge in [-0.05, 0) is 37.5 Å². The normalized spacial score (nSPS) is 14.0. The van der Waals surface area contributed by atoms with Crippen molar-refractivity contribution >= 4 is 17.5 Å². The summed E-state index contributed by atoms with van der Waals surface area (Å²) < 4.78 is 39.6. The fraction of sp³-hybridized carbons (Fsp3) is 0.238. The van der Waals surface area contributed by atoms with Crippen LogP contribution in [0.4, 0.5) is 30.6 Å². The van der Waals surface area contributed by atoms with Crippen molar-refractivity contribution in [3.8, 4) is 11.3 Å². The van der Waals surface area contributed by atoms with Gasteiger partial charge in [0.05, 0.1) is 11.3 Å². The zero-order valence-electron chi connectivity index (χ0n) is 15.2. The number of alkyl halides is 3. The van der Waals surface area contributed by atoms with Gasteiger partial charge < -0.3 is 10.6 Å². The second-order valence-electron chi connectivity index (χ2n) is 6.85. The molecule has 0 unspecified atom stereocenters. The van der Waals surface area contributed by atoms with Crippen molar-refractivity contribution in [2.24, 2.45) is 0 Å². The monoisotopic (exact) mass is 384 g/mol. The van der Waals surface area contributed by atoms with Crippen molar-refractivity contribution in [2.45, 2.75) is 32.0 Å². The van der Waals surface area contributed by atoms with E-state index in [0.717, 1.165) is 24.5 Å². The molecule has 0 amide bonds. The third-order valence-corrected chi connectivity index (χ3v) is 4.61. The molecule has 2 N–H and O–H groups in total. The summed E-state index contributed by atoms with van der Waals surface area (Å²) in [6.07, 6.45) is -2.27. The van der Waals surface area contributed by atoms with Crippen LogP contribution in [0.3, 0.4) is 0 Å². The van der Waals surface area contributed by atoms with E-state index in [1.165, 1.54) is 13.0 Å². The molecule has 1 heterocycles. The molecular formula is C21H19F3N4. The SMILES string of the molecule is Cc1c(Nc2cc(-c3ccccc3)nc(NC3CC3)n2)cccc1C(F)(F)F. The summed E-state index contributed by atoms with van der Waals surface area (Å²) >= 11 is 0. The maximum atomic E-state index is 13.2. The molecule has 1 aromatic heterocycles. The highest BCUT2D eigenvalue weighted by Gasteiger charge is 2.33. The predicted molar refractivity (Wildman–Crippen MR) is 104 cm³/mol. The molecule has 0 bridgehead atoms. The van der Waals surface area contributed by atoms with Crippen LogP contribution in [0.5, 0.6) is 0 Å². The van der Waals surface area contributed by atoms with E-state index < -0.39 is 11.7 Å². The molecule has 28 heavy (non-hydrogen) atoms. The Kier molecular flexibility index (Phi) is 4.66. The Morgan fingerprint density at radius 2 is 1.71 bits per heavy atom. The van der Waals surface area contributed by atoms with Crippen molar-refractivity contribution in [1.29, 1.82) is 0 Å². The molecular weight excluding hydrogens is 365 g/mol. The van der Waals surface area contributed by atoms with Gasteiger partial charge in [-0.25, -0.2) is 4.98 Å². The number of hydrogen-bond donors (Lipinski definition) is 2. The summed E-state index contributed by atoms with van der Waals surface area (Å²) in [7, 11) is 0. The highest BCUT2D eigenvalue weighted by molar-refractivity contribution is 5.69. The van der Waals surface area contributed by atoms with Crippen LogP contribution in [0, 0.1) is 6.92 Å². The number of rotatable bonds is 5. The molecule has 0 saturated heterocycles.